The number of unbranched alkanes of at least 4 members (excludes halogenated alkanes) is 21. The molecule has 0 aromatic carbocycles. The Morgan fingerprint density at radius 2 is 0.500 bits per heavy atom. The minimum Gasteiger partial charge on any atom is -1.00 e. The van der Waals surface area contributed by atoms with E-state index in [4.69, 9.17) is 0 Å². The van der Waals surface area contributed by atoms with Crippen molar-refractivity contribution in [2.45, 2.75) is 175 Å². The Morgan fingerprint density at radius 3 is 0.781 bits per heavy atom. The highest BCUT2D eigenvalue weighted by atomic mass is 79.9. The molecule has 2 heteroatoms. The maximum atomic E-state index is 2.35. The molecule has 0 aliphatic heterocycles. The van der Waals surface area contributed by atoms with Crippen LogP contribution >= 0.6 is 0 Å². The summed E-state index contributed by atoms with van der Waals surface area (Å²) in [6, 6.07) is 0. The SMILES string of the molecule is CCCCCCCCCCCCC[NH+](CCCC)CCCCCCCCCCCCC.[Br-]. The van der Waals surface area contributed by atoms with Crippen LogP contribution in [-0.2, 0) is 0 Å². The molecular weight excluding hydrogens is 454 g/mol. The van der Waals surface area contributed by atoms with Crippen LogP contribution in [-0.4, -0.2) is 19.6 Å². The molecule has 1 N–H and O–H groups in total. The van der Waals surface area contributed by atoms with Gasteiger partial charge in [0.1, 0.15) is 0 Å². The van der Waals surface area contributed by atoms with E-state index in [0.29, 0.717) is 0 Å². The van der Waals surface area contributed by atoms with Gasteiger partial charge in [-0.2, -0.15) is 0 Å². The fourth-order valence-electron chi connectivity index (χ4n) is 4.88. The number of halogens is 1. The first-order chi connectivity index (χ1) is 15.3. The summed E-state index contributed by atoms with van der Waals surface area (Å²) >= 11 is 0. The highest BCUT2D eigenvalue weighted by molar-refractivity contribution is 4.50. The van der Waals surface area contributed by atoms with Gasteiger partial charge < -0.3 is 21.9 Å². The zero-order valence-corrected chi connectivity index (χ0v) is 24.6. The third-order valence-corrected chi connectivity index (χ3v) is 7.15. The third-order valence-electron chi connectivity index (χ3n) is 7.15. The van der Waals surface area contributed by atoms with Gasteiger partial charge in [-0.15, -0.1) is 0 Å². The van der Waals surface area contributed by atoms with Crippen LogP contribution in [0, 0.1) is 0 Å². The lowest BCUT2D eigenvalue weighted by Gasteiger charge is -2.19. The summed E-state index contributed by atoms with van der Waals surface area (Å²) in [5.74, 6) is 0. The van der Waals surface area contributed by atoms with Crippen LogP contribution in [0.4, 0.5) is 0 Å². The molecule has 0 aromatic rings. The normalized spacial score (nSPS) is 11.2. The van der Waals surface area contributed by atoms with E-state index in [1.54, 1.807) is 0 Å². The molecule has 0 aromatic heterocycles. The second kappa shape index (κ2) is 31.4. The van der Waals surface area contributed by atoms with E-state index in [0.717, 1.165) is 0 Å². The molecule has 0 saturated heterocycles. The van der Waals surface area contributed by atoms with E-state index in [-0.39, 0.29) is 17.0 Å². The average Bonchev–Trinajstić information content (AvgIpc) is 2.78. The Bertz CT molecular complexity index is 281. The lowest BCUT2D eigenvalue weighted by atomic mass is 10.1. The zero-order valence-electron chi connectivity index (χ0n) is 23.0. The van der Waals surface area contributed by atoms with E-state index in [9.17, 15) is 0 Å². The lowest BCUT2D eigenvalue weighted by Crippen LogP contribution is -3.12. The summed E-state index contributed by atoms with van der Waals surface area (Å²) in [6.45, 7) is 11.3. The van der Waals surface area contributed by atoms with Crippen LogP contribution in [0.15, 0.2) is 0 Å². The van der Waals surface area contributed by atoms with Gasteiger partial charge >= 0.3 is 0 Å². The Kier molecular flexibility index (Phi) is 34.0. The van der Waals surface area contributed by atoms with Crippen molar-refractivity contribution in [2.24, 2.45) is 0 Å². The number of hydrogen-bond acceptors (Lipinski definition) is 0. The van der Waals surface area contributed by atoms with E-state index >= 15 is 0 Å². The third kappa shape index (κ3) is 28.5. The molecule has 196 valence electrons. The predicted octanol–water partition coefficient (Wildman–Crippen LogP) is 6.30. The molecule has 0 amide bonds. The van der Waals surface area contributed by atoms with Crippen molar-refractivity contribution < 1.29 is 21.9 Å². The highest BCUT2D eigenvalue weighted by Gasteiger charge is 2.07. The van der Waals surface area contributed by atoms with Crippen LogP contribution < -0.4 is 21.9 Å². The summed E-state index contributed by atoms with van der Waals surface area (Å²) in [6.07, 6.45) is 35.0. The average molecular weight is 519 g/mol. The van der Waals surface area contributed by atoms with Gasteiger partial charge in [0.15, 0.2) is 0 Å². The standard InChI is InChI=1S/C30H63N.BrH/c1-4-7-10-12-14-16-18-20-22-24-26-29-31(28-9-6-3)30-27-25-23-21-19-17-15-13-11-8-5-2;/h4-30H2,1-3H3;1H. The molecule has 1 nitrogen and oxygen atoms in total. The first kappa shape index (κ1) is 34.6. The Morgan fingerprint density at radius 1 is 0.281 bits per heavy atom. The fourth-order valence-corrected chi connectivity index (χ4v) is 4.88. The maximum absolute atomic E-state index is 2.35. The maximum Gasteiger partial charge on any atom is 0.0770 e. The van der Waals surface area contributed by atoms with Gasteiger partial charge in [-0.3, -0.25) is 0 Å². The summed E-state index contributed by atoms with van der Waals surface area (Å²) in [4.78, 5) is 1.91. The molecule has 0 bridgehead atoms. The summed E-state index contributed by atoms with van der Waals surface area (Å²) in [7, 11) is 0. The number of rotatable bonds is 27. The molecule has 0 radical (unpaired) electrons. The van der Waals surface area contributed by atoms with Crippen molar-refractivity contribution in [3.63, 3.8) is 0 Å². The number of hydrogen-bond donors (Lipinski definition) is 1. The quantitative estimate of drug-likeness (QED) is 0.122. The second-order valence-corrected chi connectivity index (χ2v) is 10.4. The smallest absolute Gasteiger partial charge is 0.0770 e. The number of nitrogens with one attached hydrogen (secondary N) is 1. The van der Waals surface area contributed by atoms with Gasteiger partial charge in [-0.25, -0.2) is 0 Å². The van der Waals surface area contributed by atoms with Gasteiger partial charge in [0, 0.05) is 0 Å². The topological polar surface area (TPSA) is 4.44 Å². The molecule has 32 heavy (non-hydrogen) atoms. The van der Waals surface area contributed by atoms with Crippen LogP contribution in [0.1, 0.15) is 175 Å². The van der Waals surface area contributed by atoms with Crippen molar-refractivity contribution in [1.29, 1.82) is 0 Å². The molecule has 0 aliphatic carbocycles. The molecule has 0 heterocycles. The highest BCUT2D eigenvalue weighted by Crippen LogP contribution is 2.12. The molecular formula is C30H64BrN. The predicted molar refractivity (Wildman–Crippen MR) is 143 cm³/mol. The first-order valence-corrected chi connectivity index (χ1v) is 15.2. The Balaban J connectivity index is 0. The molecule has 0 spiro atoms. The van der Waals surface area contributed by atoms with E-state index < -0.39 is 0 Å². The van der Waals surface area contributed by atoms with Crippen LogP contribution in [0.3, 0.4) is 0 Å². The summed E-state index contributed by atoms with van der Waals surface area (Å²) in [5, 5.41) is 0. The monoisotopic (exact) mass is 517 g/mol. The van der Waals surface area contributed by atoms with Gasteiger partial charge in [-0.05, 0) is 32.1 Å². The molecule has 0 atom stereocenters. The van der Waals surface area contributed by atoms with E-state index in [1.165, 1.54) is 174 Å². The Labute approximate surface area is 216 Å². The van der Waals surface area contributed by atoms with Crippen LogP contribution in [0.25, 0.3) is 0 Å². The molecule has 0 unspecified atom stereocenters. The Hall–Kier alpha value is 0.440. The van der Waals surface area contributed by atoms with E-state index in [2.05, 4.69) is 20.8 Å². The minimum absolute atomic E-state index is 0. The van der Waals surface area contributed by atoms with Gasteiger partial charge in [0.25, 0.3) is 0 Å². The van der Waals surface area contributed by atoms with Crippen molar-refractivity contribution in [1.82, 2.24) is 0 Å². The van der Waals surface area contributed by atoms with Gasteiger partial charge in [-0.1, -0.05) is 143 Å². The molecule has 0 fully saturated rings. The van der Waals surface area contributed by atoms with Crippen molar-refractivity contribution >= 4 is 0 Å². The van der Waals surface area contributed by atoms with Crippen molar-refractivity contribution in [2.75, 3.05) is 19.6 Å². The zero-order chi connectivity index (χ0) is 22.7. The molecule has 0 saturated carbocycles. The molecule has 0 aliphatic rings. The lowest BCUT2D eigenvalue weighted by molar-refractivity contribution is -0.900. The summed E-state index contributed by atoms with van der Waals surface area (Å²) in [5.41, 5.74) is 0. The van der Waals surface area contributed by atoms with Crippen molar-refractivity contribution in [3.8, 4) is 0 Å². The second-order valence-electron chi connectivity index (χ2n) is 10.4. The van der Waals surface area contributed by atoms with E-state index in [1.807, 2.05) is 4.90 Å². The van der Waals surface area contributed by atoms with Crippen LogP contribution in [0.5, 0.6) is 0 Å². The first-order valence-electron chi connectivity index (χ1n) is 15.2. The van der Waals surface area contributed by atoms with Gasteiger partial charge in [0.2, 0.25) is 0 Å². The molecule has 0 rings (SSSR count). The largest absolute Gasteiger partial charge is 1.00 e. The minimum atomic E-state index is 0. The van der Waals surface area contributed by atoms with Crippen LogP contribution in [0.2, 0.25) is 0 Å². The van der Waals surface area contributed by atoms with Crippen molar-refractivity contribution in [3.05, 3.63) is 0 Å². The number of quaternary nitrogens is 1. The summed E-state index contributed by atoms with van der Waals surface area (Å²) < 4.78 is 0. The van der Waals surface area contributed by atoms with Gasteiger partial charge in [0.05, 0.1) is 19.6 Å². The fraction of sp³-hybridized carbons (Fsp3) is 1.00.